The first-order valence-electron chi connectivity index (χ1n) is 6.09. The van der Waals surface area contributed by atoms with Crippen LogP contribution in [0.15, 0.2) is 30.3 Å². The molecule has 0 aliphatic carbocycles. The van der Waals surface area contributed by atoms with Gasteiger partial charge in [0.25, 0.3) is 5.91 Å². The van der Waals surface area contributed by atoms with Crippen LogP contribution in [0.1, 0.15) is 31.2 Å². The highest BCUT2D eigenvalue weighted by Crippen LogP contribution is 2.33. The number of benzene rings is 1. The van der Waals surface area contributed by atoms with Gasteiger partial charge in [0.1, 0.15) is 5.00 Å². The number of anilines is 1. The van der Waals surface area contributed by atoms with Crippen molar-refractivity contribution >= 4 is 28.2 Å². The Morgan fingerprint density at radius 3 is 2.40 bits per heavy atom. The van der Waals surface area contributed by atoms with E-state index in [1.54, 1.807) is 24.3 Å². The predicted molar refractivity (Wildman–Crippen MR) is 79.5 cm³/mol. The van der Waals surface area contributed by atoms with Crippen LogP contribution >= 0.6 is 11.3 Å². The lowest BCUT2D eigenvalue weighted by Crippen LogP contribution is -2.14. The number of hydrogen-bond acceptors (Lipinski definition) is 4. The molecule has 2 aromatic rings. The third-order valence-corrected chi connectivity index (χ3v) is 4.16. The van der Waals surface area contributed by atoms with Crippen molar-refractivity contribution in [3.8, 4) is 0 Å². The molecule has 104 valence electrons. The van der Waals surface area contributed by atoms with Crippen molar-refractivity contribution in [1.82, 2.24) is 0 Å². The number of aryl methyl sites for hydroxylation is 1. The minimum Gasteiger partial charge on any atom is -0.465 e. The van der Waals surface area contributed by atoms with Gasteiger partial charge in [-0.1, -0.05) is 18.2 Å². The molecule has 0 atom stereocenters. The highest BCUT2D eigenvalue weighted by atomic mass is 32.1. The number of ether oxygens (including phenoxy) is 1. The number of carbonyl (C=O) groups excluding carboxylic acids is 2. The molecule has 5 heteroatoms. The maximum Gasteiger partial charge on any atom is 0.341 e. The number of hydrogen-bond donors (Lipinski definition) is 1. The van der Waals surface area contributed by atoms with Crippen LogP contribution in [0.3, 0.4) is 0 Å². The molecule has 0 radical (unpaired) electrons. The molecule has 0 saturated heterocycles. The molecule has 0 bridgehead atoms. The summed E-state index contributed by atoms with van der Waals surface area (Å²) in [6, 6.07) is 8.87. The highest BCUT2D eigenvalue weighted by molar-refractivity contribution is 7.16. The standard InChI is InChI=1S/C15H15NO3S/c1-9-10(2)20-14(12(9)15(18)19-3)16-13(17)11-7-5-4-6-8-11/h4-8H,1-3H3,(H,16,17). The summed E-state index contributed by atoms with van der Waals surface area (Å²) >= 11 is 1.37. The smallest absolute Gasteiger partial charge is 0.341 e. The number of rotatable bonds is 3. The van der Waals surface area contributed by atoms with Crippen LogP contribution in [0.4, 0.5) is 5.00 Å². The largest absolute Gasteiger partial charge is 0.465 e. The zero-order valence-corrected chi connectivity index (χ0v) is 12.3. The molecular formula is C15H15NO3S. The zero-order valence-electron chi connectivity index (χ0n) is 11.5. The highest BCUT2D eigenvalue weighted by Gasteiger charge is 2.21. The fraction of sp³-hybridized carbons (Fsp3) is 0.200. The number of esters is 1. The van der Waals surface area contributed by atoms with Crippen LogP contribution in [0.2, 0.25) is 0 Å². The number of thiophene rings is 1. The first kappa shape index (κ1) is 14.3. The monoisotopic (exact) mass is 289 g/mol. The van der Waals surface area contributed by atoms with Crippen molar-refractivity contribution < 1.29 is 14.3 Å². The van der Waals surface area contributed by atoms with Gasteiger partial charge in [0.05, 0.1) is 12.7 Å². The van der Waals surface area contributed by atoms with Gasteiger partial charge in [-0.05, 0) is 31.5 Å². The van der Waals surface area contributed by atoms with Crippen LogP contribution in [-0.4, -0.2) is 19.0 Å². The van der Waals surface area contributed by atoms with E-state index in [-0.39, 0.29) is 5.91 Å². The van der Waals surface area contributed by atoms with Gasteiger partial charge in [-0.25, -0.2) is 4.79 Å². The second kappa shape index (κ2) is 5.88. The molecule has 1 N–H and O–H groups in total. The SMILES string of the molecule is COC(=O)c1c(NC(=O)c2ccccc2)sc(C)c1C. The first-order valence-corrected chi connectivity index (χ1v) is 6.91. The van der Waals surface area contributed by atoms with Crippen LogP contribution < -0.4 is 5.32 Å². The molecule has 0 aliphatic heterocycles. The average molecular weight is 289 g/mol. The Morgan fingerprint density at radius 2 is 1.80 bits per heavy atom. The van der Waals surface area contributed by atoms with Gasteiger partial charge in [0, 0.05) is 10.4 Å². The Bertz CT molecular complexity index is 647. The topological polar surface area (TPSA) is 55.4 Å². The fourth-order valence-corrected chi connectivity index (χ4v) is 2.87. The lowest BCUT2D eigenvalue weighted by molar-refractivity contribution is 0.0601. The van der Waals surface area contributed by atoms with Gasteiger partial charge in [-0.15, -0.1) is 11.3 Å². The van der Waals surface area contributed by atoms with Crippen LogP contribution in [0.25, 0.3) is 0 Å². The molecule has 0 fully saturated rings. The van der Waals surface area contributed by atoms with Gasteiger partial charge in [0.2, 0.25) is 0 Å². The van der Waals surface area contributed by atoms with Crippen molar-refractivity contribution in [1.29, 1.82) is 0 Å². The number of amides is 1. The van der Waals surface area contributed by atoms with Crippen LogP contribution in [-0.2, 0) is 4.74 Å². The molecule has 4 nitrogen and oxygen atoms in total. The maximum absolute atomic E-state index is 12.1. The van der Waals surface area contributed by atoms with Gasteiger partial charge < -0.3 is 10.1 Å². The molecular weight excluding hydrogens is 274 g/mol. The molecule has 0 saturated carbocycles. The minimum absolute atomic E-state index is 0.239. The summed E-state index contributed by atoms with van der Waals surface area (Å²) in [5.41, 5.74) is 1.82. The number of carbonyl (C=O) groups is 2. The van der Waals surface area contributed by atoms with Crippen LogP contribution in [0, 0.1) is 13.8 Å². The average Bonchev–Trinajstić information content (AvgIpc) is 2.74. The number of methoxy groups -OCH3 is 1. The molecule has 1 heterocycles. The fourth-order valence-electron chi connectivity index (χ4n) is 1.83. The Labute approximate surface area is 121 Å². The molecule has 0 spiro atoms. The summed E-state index contributed by atoms with van der Waals surface area (Å²) in [6.45, 7) is 3.75. The van der Waals surface area contributed by atoms with E-state index < -0.39 is 5.97 Å². The van der Waals surface area contributed by atoms with E-state index in [4.69, 9.17) is 4.74 Å². The van der Waals surface area contributed by atoms with Gasteiger partial charge in [0.15, 0.2) is 0 Å². The van der Waals surface area contributed by atoms with Gasteiger partial charge >= 0.3 is 5.97 Å². The van der Waals surface area contributed by atoms with Crippen molar-refractivity contribution in [2.24, 2.45) is 0 Å². The third kappa shape index (κ3) is 2.72. The molecule has 1 aromatic carbocycles. The third-order valence-electron chi connectivity index (χ3n) is 3.04. The molecule has 0 unspecified atom stereocenters. The summed E-state index contributed by atoms with van der Waals surface area (Å²) in [5, 5.41) is 3.31. The second-order valence-electron chi connectivity index (χ2n) is 4.30. The van der Waals surface area contributed by atoms with E-state index in [1.807, 2.05) is 19.9 Å². The van der Waals surface area contributed by atoms with Crippen molar-refractivity contribution in [3.05, 3.63) is 51.9 Å². The Balaban J connectivity index is 2.32. The van der Waals surface area contributed by atoms with E-state index in [0.717, 1.165) is 10.4 Å². The summed E-state index contributed by atoms with van der Waals surface area (Å²) in [5.74, 6) is -0.674. The predicted octanol–water partition coefficient (Wildman–Crippen LogP) is 3.40. The van der Waals surface area contributed by atoms with E-state index in [1.165, 1.54) is 18.4 Å². The molecule has 0 aliphatic rings. The Morgan fingerprint density at radius 1 is 1.15 bits per heavy atom. The molecule has 1 aromatic heterocycles. The minimum atomic E-state index is -0.435. The second-order valence-corrected chi connectivity index (χ2v) is 5.52. The van der Waals surface area contributed by atoms with E-state index in [0.29, 0.717) is 16.1 Å². The van der Waals surface area contributed by atoms with Crippen molar-refractivity contribution in [2.45, 2.75) is 13.8 Å². The normalized spacial score (nSPS) is 10.2. The Hall–Kier alpha value is -2.14. The summed E-state index contributed by atoms with van der Waals surface area (Å²) in [6.07, 6.45) is 0. The maximum atomic E-state index is 12.1. The van der Waals surface area contributed by atoms with Crippen molar-refractivity contribution in [2.75, 3.05) is 12.4 Å². The molecule has 20 heavy (non-hydrogen) atoms. The van der Waals surface area contributed by atoms with Gasteiger partial charge in [-0.3, -0.25) is 4.79 Å². The lowest BCUT2D eigenvalue weighted by Gasteiger charge is -2.06. The van der Waals surface area contributed by atoms with E-state index >= 15 is 0 Å². The first-order chi connectivity index (χ1) is 9.54. The zero-order chi connectivity index (χ0) is 14.7. The Kier molecular flexibility index (Phi) is 4.20. The summed E-state index contributed by atoms with van der Waals surface area (Å²) < 4.78 is 4.77. The number of nitrogens with one attached hydrogen (secondary N) is 1. The molecule has 1 amide bonds. The summed E-state index contributed by atoms with van der Waals surface area (Å²) in [7, 11) is 1.33. The van der Waals surface area contributed by atoms with E-state index in [9.17, 15) is 9.59 Å². The lowest BCUT2D eigenvalue weighted by atomic mass is 10.1. The van der Waals surface area contributed by atoms with Gasteiger partial charge in [-0.2, -0.15) is 0 Å². The van der Waals surface area contributed by atoms with Crippen LogP contribution in [0.5, 0.6) is 0 Å². The van der Waals surface area contributed by atoms with E-state index in [2.05, 4.69) is 5.32 Å². The summed E-state index contributed by atoms with van der Waals surface area (Å²) in [4.78, 5) is 24.9. The quantitative estimate of drug-likeness (QED) is 0.881. The van der Waals surface area contributed by atoms with Crippen molar-refractivity contribution in [3.63, 3.8) is 0 Å². The molecule has 2 rings (SSSR count).